The standard InChI is InChI=1S/C18H34O9/c1-5-10-9(2)14(19)15(20)12(26-10)7-25-8-13-17(22)18(24-4)16(21)11(27-13)6-23-3/h9-22H,5-8H2,1-4H3/t9?,10-,11?,12?,13-,14+,15-,16-,17?,18-/m1/s1. The molecule has 9 nitrogen and oxygen atoms in total. The number of ether oxygens (including phenoxy) is 5. The molecule has 160 valence electrons. The molecule has 0 aliphatic carbocycles. The van der Waals surface area contributed by atoms with E-state index in [1.54, 1.807) is 0 Å². The lowest BCUT2D eigenvalue weighted by atomic mass is 9.87. The number of rotatable bonds is 8. The van der Waals surface area contributed by atoms with Crippen LogP contribution < -0.4 is 0 Å². The molecule has 0 aromatic heterocycles. The van der Waals surface area contributed by atoms with E-state index in [0.29, 0.717) is 0 Å². The average molecular weight is 394 g/mol. The van der Waals surface area contributed by atoms with Gasteiger partial charge in [0.2, 0.25) is 0 Å². The van der Waals surface area contributed by atoms with Crippen molar-refractivity contribution in [1.82, 2.24) is 0 Å². The third-order valence-electron chi connectivity index (χ3n) is 5.56. The zero-order valence-corrected chi connectivity index (χ0v) is 16.4. The minimum Gasteiger partial charge on any atom is -0.390 e. The summed E-state index contributed by atoms with van der Waals surface area (Å²) in [6.45, 7) is 4.02. The van der Waals surface area contributed by atoms with Crippen LogP contribution in [-0.4, -0.2) is 109 Å². The first-order valence-electron chi connectivity index (χ1n) is 9.48. The summed E-state index contributed by atoms with van der Waals surface area (Å²) in [5, 5.41) is 41.0. The van der Waals surface area contributed by atoms with Gasteiger partial charge in [-0.05, 0) is 6.42 Å². The molecule has 27 heavy (non-hydrogen) atoms. The molecule has 4 unspecified atom stereocenters. The van der Waals surface area contributed by atoms with Gasteiger partial charge >= 0.3 is 0 Å². The molecule has 2 rings (SSSR count). The van der Waals surface area contributed by atoms with Crippen molar-refractivity contribution in [2.45, 2.75) is 75.2 Å². The van der Waals surface area contributed by atoms with Crippen LogP contribution in [0, 0.1) is 5.92 Å². The number of methoxy groups -OCH3 is 2. The van der Waals surface area contributed by atoms with Gasteiger partial charge in [-0.2, -0.15) is 0 Å². The van der Waals surface area contributed by atoms with Crippen molar-refractivity contribution in [3.63, 3.8) is 0 Å². The van der Waals surface area contributed by atoms with E-state index in [0.717, 1.165) is 6.42 Å². The van der Waals surface area contributed by atoms with E-state index in [2.05, 4.69) is 0 Å². The Balaban J connectivity index is 1.91. The maximum absolute atomic E-state index is 10.4. The molecule has 0 aromatic rings. The van der Waals surface area contributed by atoms with Gasteiger partial charge in [0.1, 0.15) is 42.7 Å². The second-order valence-electron chi connectivity index (χ2n) is 7.35. The molecule has 2 saturated heterocycles. The maximum atomic E-state index is 10.4. The Kier molecular flexibility index (Phi) is 8.85. The molecule has 0 bridgehead atoms. The molecular weight excluding hydrogens is 360 g/mol. The fraction of sp³-hybridized carbons (Fsp3) is 1.00. The van der Waals surface area contributed by atoms with E-state index >= 15 is 0 Å². The molecule has 9 heteroatoms. The minimum atomic E-state index is -1.08. The van der Waals surface area contributed by atoms with Crippen LogP contribution >= 0.6 is 0 Å². The Labute approximate surface area is 160 Å². The maximum Gasteiger partial charge on any atom is 0.114 e. The summed E-state index contributed by atoms with van der Waals surface area (Å²) in [4.78, 5) is 0. The second kappa shape index (κ2) is 10.4. The van der Waals surface area contributed by atoms with Crippen LogP contribution in [0.3, 0.4) is 0 Å². The van der Waals surface area contributed by atoms with Crippen LogP contribution in [0.15, 0.2) is 0 Å². The quantitative estimate of drug-likeness (QED) is 0.397. The number of hydrogen-bond acceptors (Lipinski definition) is 9. The summed E-state index contributed by atoms with van der Waals surface area (Å²) in [7, 11) is 2.90. The number of hydrogen-bond donors (Lipinski definition) is 4. The average Bonchev–Trinajstić information content (AvgIpc) is 2.65. The smallest absolute Gasteiger partial charge is 0.114 e. The van der Waals surface area contributed by atoms with Gasteiger partial charge in [-0.15, -0.1) is 0 Å². The first-order chi connectivity index (χ1) is 12.8. The van der Waals surface area contributed by atoms with Crippen molar-refractivity contribution in [2.24, 2.45) is 5.92 Å². The Hall–Kier alpha value is -0.360. The fourth-order valence-corrected chi connectivity index (χ4v) is 3.82. The summed E-state index contributed by atoms with van der Waals surface area (Å²) >= 11 is 0. The van der Waals surface area contributed by atoms with E-state index in [-0.39, 0.29) is 31.8 Å². The zero-order chi connectivity index (χ0) is 20.1. The van der Waals surface area contributed by atoms with E-state index in [1.165, 1.54) is 14.2 Å². The van der Waals surface area contributed by atoms with Gasteiger partial charge in [-0.3, -0.25) is 0 Å². The fourth-order valence-electron chi connectivity index (χ4n) is 3.82. The third kappa shape index (κ3) is 5.17. The predicted molar refractivity (Wildman–Crippen MR) is 94.3 cm³/mol. The number of aliphatic hydroxyl groups is 4. The highest BCUT2D eigenvalue weighted by Crippen LogP contribution is 2.28. The van der Waals surface area contributed by atoms with Gasteiger partial charge in [-0.1, -0.05) is 13.8 Å². The first kappa shape index (κ1) is 22.9. The van der Waals surface area contributed by atoms with E-state index in [4.69, 9.17) is 23.7 Å². The van der Waals surface area contributed by atoms with Gasteiger partial charge < -0.3 is 44.1 Å². The van der Waals surface area contributed by atoms with E-state index < -0.39 is 48.8 Å². The van der Waals surface area contributed by atoms with Crippen LogP contribution in [0.1, 0.15) is 20.3 Å². The molecule has 2 heterocycles. The highest BCUT2D eigenvalue weighted by atomic mass is 16.6. The van der Waals surface area contributed by atoms with Crippen molar-refractivity contribution in [2.75, 3.05) is 34.0 Å². The van der Waals surface area contributed by atoms with Crippen molar-refractivity contribution >= 4 is 0 Å². The lowest BCUT2D eigenvalue weighted by molar-refractivity contribution is -0.252. The van der Waals surface area contributed by atoms with Crippen LogP contribution in [-0.2, 0) is 23.7 Å². The molecule has 2 aliphatic heterocycles. The monoisotopic (exact) mass is 394 g/mol. The van der Waals surface area contributed by atoms with Gasteiger partial charge in [0.25, 0.3) is 0 Å². The molecule has 10 atom stereocenters. The lowest BCUT2D eigenvalue weighted by Gasteiger charge is -2.43. The van der Waals surface area contributed by atoms with Gasteiger partial charge in [-0.25, -0.2) is 0 Å². The lowest BCUT2D eigenvalue weighted by Crippen LogP contribution is -2.60. The largest absolute Gasteiger partial charge is 0.390 e. The van der Waals surface area contributed by atoms with Crippen LogP contribution in [0.25, 0.3) is 0 Å². The van der Waals surface area contributed by atoms with Gasteiger partial charge in [0.15, 0.2) is 0 Å². The van der Waals surface area contributed by atoms with Crippen LogP contribution in [0.5, 0.6) is 0 Å². The normalized spacial score (nSPS) is 45.8. The van der Waals surface area contributed by atoms with Crippen LogP contribution in [0.2, 0.25) is 0 Å². The molecule has 4 N–H and O–H groups in total. The summed E-state index contributed by atoms with van der Waals surface area (Å²) in [5.41, 5.74) is 0. The highest BCUT2D eigenvalue weighted by molar-refractivity contribution is 4.93. The summed E-state index contributed by atoms with van der Waals surface area (Å²) in [6.07, 6.45) is -6.34. The predicted octanol–water partition coefficient (Wildman–Crippen LogP) is -1.31. The summed E-state index contributed by atoms with van der Waals surface area (Å²) < 4.78 is 27.4. The van der Waals surface area contributed by atoms with Crippen molar-refractivity contribution in [1.29, 1.82) is 0 Å². The molecule has 2 aliphatic rings. The Bertz CT molecular complexity index is 435. The number of aliphatic hydroxyl groups excluding tert-OH is 4. The van der Waals surface area contributed by atoms with Crippen molar-refractivity contribution in [3.05, 3.63) is 0 Å². The Morgan fingerprint density at radius 1 is 0.741 bits per heavy atom. The topological polar surface area (TPSA) is 127 Å². The Morgan fingerprint density at radius 2 is 1.26 bits per heavy atom. The molecule has 0 amide bonds. The Morgan fingerprint density at radius 3 is 1.78 bits per heavy atom. The highest BCUT2D eigenvalue weighted by Gasteiger charge is 2.45. The zero-order valence-electron chi connectivity index (χ0n) is 16.4. The summed E-state index contributed by atoms with van der Waals surface area (Å²) in [6, 6.07) is 0. The third-order valence-corrected chi connectivity index (χ3v) is 5.56. The molecule has 0 radical (unpaired) electrons. The van der Waals surface area contributed by atoms with Gasteiger partial charge in [0.05, 0.1) is 32.0 Å². The molecule has 2 fully saturated rings. The minimum absolute atomic E-state index is 0.0168. The van der Waals surface area contributed by atoms with Crippen molar-refractivity contribution in [3.8, 4) is 0 Å². The first-order valence-corrected chi connectivity index (χ1v) is 9.48. The molecule has 0 saturated carbocycles. The SMILES string of the molecule is CC[C@H]1OC(COC[C@H]2OC(COC)[C@@H](O)[C@@H](OC)C2O)[C@@H](O)[C@@H](O)C1C. The molecule has 0 spiro atoms. The van der Waals surface area contributed by atoms with E-state index in [1.807, 2.05) is 13.8 Å². The summed E-state index contributed by atoms with van der Waals surface area (Å²) in [5.74, 6) is -0.163. The van der Waals surface area contributed by atoms with Crippen LogP contribution in [0.4, 0.5) is 0 Å². The molecular formula is C18H34O9. The van der Waals surface area contributed by atoms with E-state index in [9.17, 15) is 20.4 Å². The van der Waals surface area contributed by atoms with Crippen molar-refractivity contribution < 1.29 is 44.1 Å². The second-order valence-corrected chi connectivity index (χ2v) is 7.35. The molecule has 0 aromatic carbocycles. The van der Waals surface area contributed by atoms with Gasteiger partial charge in [0, 0.05) is 20.1 Å².